The van der Waals surface area contributed by atoms with Crippen molar-refractivity contribution in [1.82, 2.24) is 0 Å². The van der Waals surface area contributed by atoms with Crippen LogP contribution in [0.4, 0.5) is 4.39 Å². The average molecular weight is 344 g/mol. The molecule has 0 amide bonds. The average Bonchev–Trinajstić information content (AvgIpc) is 2.38. The molecule has 1 unspecified atom stereocenters. The van der Waals surface area contributed by atoms with Crippen molar-refractivity contribution in [3.63, 3.8) is 0 Å². The Morgan fingerprint density at radius 2 is 2.00 bits per heavy atom. The van der Waals surface area contributed by atoms with Crippen molar-refractivity contribution in [3.05, 3.63) is 63.9 Å². The number of alkyl halides is 1. The van der Waals surface area contributed by atoms with E-state index in [0.29, 0.717) is 10.6 Å². The molecule has 4 heteroatoms. The van der Waals surface area contributed by atoms with Gasteiger partial charge in [0, 0.05) is 10.6 Å². The molecule has 0 bridgehead atoms. The predicted octanol–water partition coefficient (Wildman–Crippen LogP) is 5.28. The van der Waals surface area contributed by atoms with Crippen LogP contribution in [0.25, 0.3) is 0 Å². The van der Waals surface area contributed by atoms with Crippen molar-refractivity contribution in [2.24, 2.45) is 0 Å². The van der Waals surface area contributed by atoms with Gasteiger partial charge in [0.2, 0.25) is 0 Å². The molecule has 0 fully saturated rings. The summed E-state index contributed by atoms with van der Waals surface area (Å²) >= 11 is 9.59. The van der Waals surface area contributed by atoms with Gasteiger partial charge in [-0.1, -0.05) is 45.7 Å². The lowest BCUT2D eigenvalue weighted by molar-refractivity contribution is 0.411. The Balaban J connectivity index is 2.44. The number of methoxy groups -OCH3 is 1. The third kappa shape index (κ3) is 2.93. The summed E-state index contributed by atoms with van der Waals surface area (Å²) in [7, 11) is 1.63. The van der Waals surface area contributed by atoms with Gasteiger partial charge in [-0.25, -0.2) is 4.39 Å². The summed E-state index contributed by atoms with van der Waals surface area (Å²) < 4.78 is 19.1. The van der Waals surface area contributed by atoms with Crippen LogP contribution in [0.3, 0.4) is 0 Å². The van der Waals surface area contributed by atoms with Crippen LogP contribution in [0, 0.1) is 12.7 Å². The van der Waals surface area contributed by atoms with Crippen LogP contribution in [-0.2, 0) is 0 Å². The van der Waals surface area contributed by atoms with Crippen LogP contribution in [0.15, 0.2) is 36.4 Å². The Morgan fingerprint density at radius 3 is 2.58 bits per heavy atom. The molecule has 0 aliphatic rings. The first-order chi connectivity index (χ1) is 9.04. The molecule has 1 atom stereocenters. The monoisotopic (exact) mass is 342 g/mol. The van der Waals surface area contributed by atoms with E-state index in [0.717, 1.165) is 16.9 Å². The second-order valence-corrected chi connectivity index (χ2v) is 5.55. The van der Waals surface area contributed by atoms with Crippen LogP contribution in [-0.4, -0.2) is 7.11 Å². The number of ether oxygens (including phenoxy) is 1. The maximum atomic E-state index is 13.9. The second-order valence-electron chi connectivity index (χ2n) is 4.23. The standard InChI is InChI=1S/C15H13BrClFO/c1-9-8-10(6-7-13(9)19-2)15(16)14-11(17)4-3-5-12(14)18/h3-8,15H,1-2H3. The van der Waals surface area contributed by atoms with Crippen molar-refractivity contribution in [1.29, 1.82) is 0 Å². The minimum Gasteiger partial charge on any atom is -0.496 e. The van der Waals surface area contributed by atoms with Crippen LogP contribution >= 0.6 is 27.5 Å². The summed E-state index contributed by atoms with van der Waals surface area (Å²) in [6.07, 6.45) is 0. The summed E-state index contributed by atoms with van der Waals surface area (Å²) in [6.45, 7) is 1.95. The molecule has 0 heterocycles. The highest BCUT2D eigenvalue weighted by atomic mass is 79.9. The van der Waals surface area contributed by atoms with Crippen molar-refractivity contribution in [2.45, 2.75) is 11.8 Å². The highest BCUT2D eigenvalue weighted by Gasteiger charge is 2.18. The SMILES string of the molecule is COc1ccc(C(Br)c2c(F)cccc2Cl)cc1C. The molecule has 100 valence electrons. The lowest BCUT2D eigenvalue weighted by Crippen LogP contribution is -1.99. The van der Waals surface area contributed by atoms with E-state index in [4.69, 9.17) is 16.3 Å². The summed E-state index contributed by atoms with van der Waals surface area (Å²) in [4.78, 5) is -0.286. The topological polar surface area (TPSA) is 9.23 Å². The van der Waals surface area contributed by atoms with Crippen LogP contribution in [0.5, 0.6) is 5.75 Å². The van der Waals surface area contributed by atoms with E-state index in [-0.39, 0.29) is 10.6 Å². The second kappa shape index (κ2) is 5.93. The maximum absolute atomic E-state index is 13.9. The molecule has 19 heavy (non-hydrogen) atoms. The Morgan fingerprint density at radius 1 is 1.26 bits per heavy atom. The Bertz CT molecular complexity index is 580. The normalized spacial score (nSPS) is 12.3. The predicted molar refractivity (Wildman–Crippen MR) is 79.9 cm³/mol. The molecule has 2 aromatic rings. The van der Waals surface area contributed by atoms with Gasteiger partial charge in [-0.2, -0.15) is 0 Å². The van der Waals surface area contributed by atoms with Gasteiger partial charge >= 0.3 is 0 Å². The fourth-order valence-electron chi connectivity index (χ4n) is 1.98. The summed E-state index contributed by atoms with van der Waals surface area (Å²) in [5, 5.41) is 0.412. The van der Waals surface area contributed by atoms with E-state index < -0.39 is 0 Å². The molecule has 0 aliphatic heterocycles. The van der Waals surface area contributed by atoms with Crippen molar-refractivity contribution in [2.75, 3.05) is 7.11 Å². The molecule has 0 aliphatic carbocycles. The number of hydrogen-bond donors (Lipinski definition) is 0. The van der Waals surface area contributed by atoms with Crippen molar-refractivity contribution in [3.8, 4) is 5.75 Å². The lowest BCUT2D eigenvalue weighted by atomic mass is 10.0. The first kappa shape index (κ1) is 14.4. The molecule has 1 nitrogen and oxygen atoms in total. The number of halogens is 3. The van der Waals surface area contributed by atoms with E-state index in [9.17, 15) is 4.39 Å². The maximum Gasteiger partial charge on any atom is 0.129 e. The summed E-state index contributed by atoms with van der Waals surface area (Å²) in [6, 6.07) is 10.4. The van der Waals surface area contributed by atoms with Crippen molar-refractivity contribution >= 4 is 27.5 Å². The highest BCUT2D eigenvalue weighted by Crippen LogP contribution is 2.38. The smallest absolute Gasteiger partial charge is 0.129 e. The fraction of sp³-hybridized carbons (Fsp3) is 0.200. The lowest BCUT2D eigenvalue weighted by Gasteiger charge is -2.15. The zero-order valence-electron chi connectivity index (χ0n) is 10.6. The molecule has 0 radical (unpaired) electrons. The zero-order chi connectivity index (χ0) is 14.0. The van der Waals surface area contributed by atoms with Gasteiger partial charge in [0.25, 0.3) is 0 Å². The van der Waals surface area contributed by atoms with E-state index in [2.05, 4.69) is 15.9 Å². The van der Waals surface area contributed by atoms with Gasteiger partial charge in [0.1, 0.15) is 11.6 Å². The van der Waals surface area contributed by atoms with Gasteiger partial charge in [-0.05, 0) is 36.2 Å². The fourth-order valence-corrected chi connectivity index (χ4v) is 3.13. The van der Waals surface area contributed by atoms with Gasteiger partial charge in [-0.3, -0.25) is 0 Å². The highest BCUT2D eigenvalue weighted by molar-refractivity contribution is 9.09. The quantitative estimate of drug-likeness (QED) is 0.689. The van der Waals surface area contributed by atoms with Crippen LogP contribution in [0.1, 0.15) is 21.5 Å². The molecule has 0 aromatic heterocycles. The van der Waals surface area contributed by atoms with Gasteiger partial charge in [0.15, 0.2) is 0 Å². The Kier molecular flexibility index (Phi) is 4.48. The summed E-state index contributed by atoms with van der Waals surface area (Å²) in [5.74, 6) is 0.492. The van der Waals surface area contributed by atoms with E-state index in [1.54, 1.807) is 19.2 Å². The first-order valence-electron chi connectivity index (χ1n) is 5.77. The molecule has 2 rings (SSSR count). The van der Waals surface area contributed by atoms with E-state index >= 15 is 0 Å². The number of hydrogen-bond acceptors (Lipinski definition) is 1. The number of rotatable bonds is 3. The molecular formula is C15H13BrClFO. The third-order valence-corrected chi connectivity index (χ3v) is 4.28. The van der Waals surface area contributed by atoms with Gasteiger partial charge in [0.05, 0.1) is 11.9 Å². The number of aryl methyl sites for hydroxylation is 1. The van der Waals surface area contributed by atoms with E-state index in [1.165, 1.54) is 6.07 Å². The zero-order valence-corrected chi connectivity index (χ0v) is 12.9. The van der Waals surface area contributed by atoms with Crippen LogP contribution in [0.2, 0.25) is 5.02 Å². The van der Waals surface area contributed by atoms with Gasteiger partial charge in [-0.15, -0.1) is 0 Å². The Hall–Kier alpha value is -1.06. The minimum atomic E-state index is -0.317. The van der Waals surface area contributed by atoms with Crippen molar-refractivity contribution < 1.29 is 9.13 Å². The molecule has 2 aromatic carbocycles. The molecule has 0 N–H and O–H groups in total. The number of benzene rings is 2. The molecule has 0 saturated carbocycles. The molecular weight excluding hydrogens is 331 g/mol. The van der Waals surface area contributed by atoms with E-state index in [1.807, 2.05) is 25.1 Å². The Labute approximate surface area is 125 Å². The van der Waals surface area contributed by atoms with Gasteiger partial charge < -0.3 is 4.74 Å². The molecule has 0 saturated heterocycles. The molecule has 0 spiro atoms. The largest absolute Gasteiger partial charge is 0.496 e. The van der Waals surface area contributed by atoms with Crippen LogP contribution < -0.4 is 4.74 Å². The summed E-state index contributed by atoms with van der Waals surface area (Å²) in [5.41, 5.74) is 2.39. The third-order valence-electron chi connectivity index (χ3n) is 2.96. The first-order valence-corrected chi connectivity index (χ1v) is 7.06. The minimum absolute atomic E-state index is 0.286.